The predicted molar refractivity (Wildman–Crippen MR) is 163 cm³/mol. The molecular weight excluding hydrogens is 619 g/mol. The van der Waals surface area contributed by atoms with E-state index in [0.29, 0.717) is 29.0 Å². The zero-order chi connectivity index (χ0) is 31.3. The van der Waals surface area contributed by atoms with E-state index in [9.17, 15) is 23.2 Å². The van der Waals surface area contributed by atoms with Gasteiger partial charge < -0.3 is 10.5 Å². The zero-order valence-electron chi connectivity index (χ0n) is 24.3. The van der Waals surface area contributed by atoms with Crippen molar-refractivity contribution in [2.24, 2.45) is 11.1 Å². The fourth-order valence-electron chi connectivity index (χ4n) is 6.08. The number of ketones is 1. The number of halogens is 4. The van der Waals surface area contributed by atoms with Crippen LogP contribution in [-0.4, -0.2) is 5.78 Å². The number of aryl methyl sites for hydroxylation is 2. The maximum absolute atomic E-state index is 14.2. The van der Waals surface area contributed by atoms with Crippen LogP contribution >= 0.6 is 15.9 Å². The number of alkyl halides is 3. The van der Waals surface area contributed by atoms with Gasteiger partial charge in [-0.15, -0.1) is 0 Å². The highest BCUT2D eigenvalue weighted by Crippen LogP contribution is 2.52. The van der Waals surface area contributed by atoms with Crippen LogP contribution in [0.3, 0.4) is 0 Å². The van der Waals surface area contributed by atoms with Gasteiger partial charge in [-0.3, -0.25) is 9.69 Å². The topological polar surface area (TPSA) is 79.4 Å². The number of para-hydroxylation sites is 1. The van der Waals surface area contributed by atoms with Gasteiger partial charge in [0.1, 0.15) is 18.2 Å². The predicted octanol–water partition coefficient (Wildman–Crippen LogP) is 8.60. The average Bonchev–Trinajstić information content (AvgIpc) is 2.92. The Balaban J connectivity index is 1.70. The van der Waals surface area contributed by atoms with Crippen LogP contribution in [0.25, 0.3) is 0 Å². The molecule has 1 atom stereocenters. The number of nitriles is 1. The average molecular weight is 651 g/mol. The van der Waals surface area contributed by atoms with Crippen molar-refractivity contribution < 1.29 is 22.7 Å². The van der Waals surface area contributed by atoms with Crippen LogP contribution in [-0.2, 0) is 17.6 Å². The van der Waals surface area contributed by atoms with Gasteiger partial charge in [0, 0.05) is 22.2 Å². The van der Waals surface area contributed by atoms with Crippen molar-refractivity contribution in [1.82, 2.24) is 0 Å². The molecule has 0 bridgehead atoms. The van der Waals surface area contributed by atoms with E-state index >= 15 is 0 Å². The first-order chi connectivity index (χ1) is 20.2. The summed E-state index contributed by atoms with van der Waals surface area (Å²) in [6.45, 7) is 7.92. The first kappa shape index (κ1) is 30.4. The zero-order valence-corrected chi connectivity index (χ0v) is 25.9. The molecule has 0 amide bonds. The lowest BCUT2D eigenvalue weighted by Crippen LogP contribution is -2.42. The van der Waals surface area contributed by atoms with E-state index in [1.54, 1.807) is 0 Å². The van der Waals surface area contributed by atoms with Gasteiger partial charge in [0.2, 0.25) is 0 Å². The number of allylic oxidation sites excluding steroid dienone is 3. The highest BCUT2D eigenvalue weighted by atomic mass is 79.9. The Hall–Kier alpha value is -4.03. The molecule has 0 saturated heterocycles. The third-order valence-electron chi connectivity index (χ3n) is 8.07. The Morgan fingerprint density at radius 1 is 1.07 bits per heavy atom. The Labute approximate surface area is 257 Å². The van der Waals surface area contributed by atoms with Gasteiger partial charge in [0.05, 0.1) is 28.8 Å². The normalized spacial score (nSPS) is 18.4. The highest BCUT2D eigenvalue weighted by molar-refractivity contribution is 9.10. The molecule has 0 aromatic heterocycles. The number of hydrogen-bond acceptors (Lipinski definition) is 5. The summed E-state index contributed by atoms with van der Waals surface area (Å²) in [6, 6.07) is 18.6. The van der Waals surface area contributed by atoms with Gasteiger partial charge in [-0.05, 0) is 84.3 Å². The van der Waals surface area contributed by atoms with Gasteiger partial charge >= 0.3 is 6.18 Å². The second-order valence-electron chi connectivity index (χ2n) is 11.9. The molecule has 0 fully saturated rings. The van der Waals surface area contributed by atoms with Crippen LogP contribution in [0.4, 0.5) is 18.9 Å². The van der Waals surface area contributed by atoms with E-state index in [4.69, 9.17) is 10.5 Å². The molecule has 0 spiro atoms. The summed E-state index contributed by atoms with van der Waals surface area (Å²) in [7, 11) is 0. The molecular formula is C34H31BrF3N3O2. The lowest BCUT2D eigenvalue weighted by atomic mass is 9.68. The minimum absolute atomic E-state index is 0.0375. The van der Waals surface area contributed by atoms with Crippen molar-refractivity contribution in [3.05, 3.63) is 116 Å². The van der Waals surface area contributed by atoms with Crippen molar-refractivity contribution in [3.8, 4) is 11.8 Å². The van der Waals surface area contributed by atoms with Gasteiger partial charge in [0.15, 0.2) is 5.78 Å². The largest absolute Gasteiger partial charge is 0.489 e. The molecule has 1 aliphatic heterocycles. The molecule has 2 aliphatic rings. The monoisotopic (exact) mass is 649 g/mol. The maximum Gasteiger partial charge on any atom is 0.418 e. The van der Waals surface area contributed by atoms with Crippen molar-refractivity contribution in [2.45, 2.75) is 59.2 Å². The fourth-order valence-corrected chi connectivity index (χ4v) is 6.34. The Morgan fingerprint density at radius 2 is 1.74 bits per heavy atom. The van der Waals surface area contributed by atoms with Crippen molar-refractivity contribution in [1.29, 1.82) is 5.26 Å². The van der Waals surface area contributed by atoms with Crippen molar-refractivity contribution in [3.63, 3.8) is 0 Å². The van der Waals surface area contributed by atoms with Gasteiger partial charge in [-0.25, -0.2) is 0 Å². The summed E-state index contributed by atoms with van der Waals surface area (Å²) in [5.74, 6) is -0.470. The Morgan fingerprint density at radius 3 is 2.40 bits per heavy atom. The van der Waals surface area contributed by atoms with E-state index in [2.05, 4.69) is 22.0 Å². The van der Waals surface area contributed by atoms with Crippen molar-refractivity contribution in [2.75, 3.05) is 4.90 Å². The minimum atomic E-state index is -4.67. The molecule has 43 heavy (non-hydrogen) atoms. The summed E-state index contributed by atoms with van der Waals surface area (Å²) in [5.41, 5.74) is 9.13. The Bertz CT molecular complexity index is 1720. The molecule has 0 saturated carbocycles. The summed E-state index contributed by atoms with van der Waals surface area (Å²) in [6.07, 6.45) is -4.17. The van der Waals surface area contributed by atoms with E-state index in [-0.39, 0.29) is 35.9 Å². The number of hydrogen-bond donors (Lipinski definition) is 1. The van der Waals surface area contributed by atoms with Crippen LogP contribution in [0.15, 0.2) is 87.8 Å². The first-order valence-electron chi connectivity index (χ1n) is 13.8. The molecule has 222 valence electrons. The lowest BCUT2D eigenvalue weighted by molar-refractivity contribution is -0.137. The maximum atomic E-state index is 14.2. The number of nitrogens with zero attached hydrogens (tertiary/aromatic N) is 2. The smallest absolute Gasteiger partial charge is 0.418 e. The Kier molecular flexibility index (Phi) is 7.95. The van der Waals surface area contributed by atoms with Crippen LogP contribution in [0, 0.1) is 30.6 Å². The molecule has 1 unspecified atom stereocenters. The number of ether oxygens (including phenoxy) is 1. The summed E-state index contributed by atoms with van der Waals surface area (Å²) in [5, 5.41) is 10.5. The SMILES string of the molecule is Cc1cc(C)c(C2C(C#N)=C(N)N(c3ccccc3C(F)(F)F)C3=C2C(=O)CC(C)(C)C3)cc1COc1ccc(Br)cc1. The number of benzene rings is 3. The molecule has 1 heterocycles. The van der Waals surface area contributed by atoms with Gasteiger partial charge in [-0.1, -0.05) is 54.0 Å². The third-order valence-corrected chi connectivity index (χ3v) is 8.60. The van der Waals surface area contributed by atoms with Crippen LogP contribution in [0.1, 0.15) is 60.4 Å². The van der Waals surface area contributed by atoms with E-state index in [1.807, 2.05) is 64.1 Å². The van der Waals surface area contributed by atoms with Gasteiger partial charge in [-0.2, -0.15) is 18.4 Å². The molecule has 9 heteroatoms. The number of carbonyl (C=O) groups excluding carboxylic acids is 1. The lowest BCUT2D eigenvalue weighted by Gasteiger charge is -2.44. The molecule has 0 radical (unpaired) electrons. The third kappa shape index (κ3) is 5.81. The van der Waals surface area contributed by atoms with E-state index in [0.717, 1.165) is 27.2 Å². The molecule has 5 rings (SSSR count). The number of rotatable bonds is 5. The summed E-state index contributed by atoms with van der Waals surface area (Å²) >= 11 is 3.42. The quantitative estimate of drug-likeness (QED) is 0.299. The summed E-state index contributed by atoms with van der Waals surface area (Å²) in [4.78, 5) is 15.2. The summed E-state index contributed by atoms with van der Waals surface area (Å²) < 4.78 is 49.6. The number of carbonyl (C=O) groups is 1. The molecule has 5 nitrogen and oxygen atoms in total. The second-order valence-corrected chi connectivity index (χ2v) is 12.8. The van der Waals surface area contributed by atoms with E-state index in [1.165, 1.54) is 23.1 Å². The standard InChI is InChI=1S/C34H31BrF3N3O2/c1-19-13-20(2)24(14-21(19)18-43-23-11-9-22(35)10-12-23)30-25(17-39)32(40)41(27-8-6-5-7-26(27)34(36,37)38)28-15-33(3,4)16-29(42)31(28)30/h5-14,30H,15-16,18,40H2,1-4H3. The van der Waals surface area contributed by atoms with Crippen LogP contribution in [0.5, 0.6) is 5.75 Å². The number of nitrogens with two attached hydrogens (primary N) is 1. The first-order valence-corrected chi connectivity index (χ1v) is 14.6. The molecule has 3 aromatic rings. The molecule has 3 aromatic carbocycles. The highest BCUT2D eigenvalue weighted by Gasteiger charge is 2.46. The van der Waals surface area contributed by atoms with Crippen molar-refractivity contribution >= 4 is 27.4 Å². The fraction of sp³-hybridized carbons (Fsp3) is 0.294. The second kappa shape index (κ2) is 11.2. The number of anilines is 1. The van der Waals surface area contributed by atoms with Crippen LogP contribution in [0.2, 0.25) is 0 Å². The number of Topliss-reactive ketones (excluding diaryl/α,β-unsaturated/α-hetero) is 1. The van der Waals surface area contributed by atoms with Gasteiger partial charge in [0.25, 0.3) is 0 Å². The van der Waals surface area contributed by atoms with E-state index < -0.39 is 23.1 Å². The minimum Gasteiger partial charge on any atom is -0.489 e. The molecule has 1 aliphatic carbocycles. The van der Waals surface area contributed by atoms with Crippen LogP contribution < -0.4 is 15.4 Å². The molecule has 2 N–H and O–H groups in total.